The van der Waals surface area contributed by atoms with Gasteiger partial charge in [-0.25, -0.2) is 14.1 Å². The fraction of sp³-hybridized carbons (Fsp3) is 0.214. The molecule has 0 spiro atoms. The maximum atomic E-state index is 12.0. The normalized spacial score (nSPS) is 18.8. The molecule has 0 aliphatic carbocycles. The van der Waals surface area contributed by atoms with Gasteiger partial charge in [0, 0.05) is 0 Å². The van der Waals surface area contributed by atoms with Crippen molar-refractivity contribution in [3.8, 4) is 0 Å². The molecule has 1 aliphatic rings. The number of benzene rings is 1. The molecular weight excluding hydrogens is 292 g/mol. The van der Waals surface area contributed by atoms with E-state index in [9.17, 15) is 14.4 Å². The van der Waals surface area contributed by atoms with Crippen LogP contribution in [0.5, 0.6) is 0 Å². The molecule has 2 N–H and O–H groups in total. The van der Waals surface area contributed by atoms with E-state index in [0.29, 0.717) is 10.8 Å². The topological polar surface area (TPSA) is 83.5 Å². The Labute approximate surface area is 126 Å². The van der Waals surface area contributed by atoms with Crippen molar-refractivity contribution < 1.29 is 24.0 Å². The van der Waals surface area contributed by atoms with Crippen LogP contribution in [-0.2, 0) is 9.59 Å². The van der Waals surface area contributed by atoms with E-state index < -0.39 is 11.9 Å². The van der Waals surface area contributed by atoms with Crippen LogP contribution in [0.25, 0.3) is 0 Å². The molecule has 21 heavy (non-hydrogen) atoms. The van der Waals surface area contributed by atoms with Crippen LogP contribution in [0.1, 0.15) is 10.4 Å². The Morgan fingerprint density at radius 3 is 2.57 bits per heavy atom. The largest absolute Gasteiger partial charge is 0.478 e. The first-order chi connectivity index (χ1) is 9.82. The lowest BCUT2D eigenvalue weighted by atomic mass is 10.2. The molecule has 1 fully saturated rings. The number of carbonyl (C=O) groups is 3. The van der Waals surface area contributed by atoms with Gasteiger partial charge in [-0.1, -0.05) is 23.9 Å². The minimum absolute atomic E-state index is 0.0185. The number of nitrogens with zero attached hydrogens (tertiary/aromatic N) is 1. The SMILES string of the molecule is C[N+]1(C)C(=O)CS/C1=C\C(=O)Nc1ccccc1C(=O)O. The van der Waals surface area contributed by atoms with Gasteiger partial charge in [0.15, 0.2) is 5.03 Å². The van der Waals surface area contributed by atoms with Crippen molar-refractivity contribution in [2.75, 3.05) is 25.2 Å². The first-order valence-electron chi connectivity index (χ1n) is 6.18. The highest BCUT2D eigenvalue weighted by atomic mass is 32.2. The van der Waals surface area contributed by atoms with E-state index in [1.807, 2.05) is 0 Å². The molecule has 0 atom stereocenters. The molecule has 0 bridgehead atoms. The number of thioether (sulfide) groups is 1. The second-order valence-corrected chi connectivity index (χ2v) is 5.95. The van der Waals surface area contributed by atoms with Crippen LogP contribution in [0.2, 0.25) is 0 Å². The summed E-state index contributed by atoms with van der Waals surface area (Å²) in [6.07, 6.45) is 1.34. The van der Waals surface area contributed by atoms with Crippen LogP contribution in [0.15, 0.2) is 35.4 Å². The summed E-state index contributed by atoms with van der Waals surface area (Å²) in [6.45, 7) is 0. The van der Waals surface area contributed by atoms with Crippen molar-refractivity contribution in [3.63, 3.8) is 0 Å². The first-order valence-corrected chi connectivity index (χ1v) is 7.16. The number of rotatable bonds is 3. The number of anilines is 1. The summed E-state index contributed by atoms with van der Waals surface area (Å²) < 4.78 is 0.0265. The molecular formula is C14H15N2O4S+. The predicted molar refractivity (Wildman–Crippen MR) is 79.7 cm³/mol. The van der Waals surface area contributed by atoms with Gasteiger partial charge in [-0.05, 0) is 12.1 Å². The van der Waals surface area contributed by atoms with Gasteiger partial charge in [-0.3, -0.25) is 4.79 Å². The third-order valence-electron chi connectivity index (χ3n) is 3.19. The fourth-order valence-electron chi connectivity index (χ4n) is 1.84. The molecule has 1 aromatic carbocycles. The number of para-hydroxylation sites is 1. The molecule has 0 saturated carbocycles. The average molecular weight is 307 g/mol. The maximum Gasteiger partial charge on any atom is 0.337 e. The fourth-order valence-corrected chi connectivity index (χ4v) is 3.05. The van der Waals surface area contributed by atoms with E-state index in [1.165, 1.54) is 30.0 Å². The van der Waals surface area contributed by atoms with Gasteiger partial charge in [0.2, 0.25) is 0 Å². The molecule has 1 saturated heterocycles. The number of quaternary nitrogens is 1. The number of hydrogen-bond donors (Lipinski definition) is 2. The van der Waals surface area contributed by atoms with E-state index in [0.717, 1.165) is 0 Å². The monoisotopic (exact) mass is 307 g/mol. The quantitative estimate of drug-likeness (QED) is 0.653. The summed E-state index contributed by atoms with van der Waals surface area (Å²) in [4.78, 5) is 34.8. The van der Waals surface area contributed by atoms with Gasteiger partial charge >= 0.3 is 11.9 Å². The van der Waals surface area contributed by atoms with Gasteiger partial charge in [0.1, 0.15) is 5.75 Å². The number of nitrogens with one attached hydrogen (secondary N) is 1. The van der Waals surface area contributed by atoms with Crippen LogP contribution in [0.3, 0.4) is 0 Å². The van der Waals surface area contributed by atoms with Crippen molar-refractivity contribution in [1.29, 1.82) is 0 Å². The molecule has 2 amide bonds. The Balaban J connectivity index is 2.20. The molecule has 110 valence electrons. The number of carbonyl (C=O) groups excluding carboxylic acids is 2. The highest BCUT2D eigenvalue weighted by Gasteiger charge is 2.39. The highest BCUT2D eigenvalue weighted by molar-refractivity contribution is 8.03. The van der Waals surface area contributed by atoms with E-state index in [-0.39, 0.29) is 21.6 Å². The lowest BCUT2D eigenvalue weighted by Crippen LogP contribution is -2.40. The zero-order valence-corrected chi connectivity index (χ0v) is 12.4. The summed E-state index contributed by atoms with van der Waals surface area (Å²) in [5.41, 5.74) is 0.250. The second-order valence-electron chi connectivity index (χ2n) is 4.96. The number of carboxylic acids is 1. The lowest BCUT2D eigenvalue weighted by Gasteiger charge is -2.20. The molecule has 2 rings (SSSR count). The number of hydrogen-bond acceptors (Lipinski definition) is 4. The zero-order valence-electron chi connectivity index (χ0n) is 11.6. The number of aromatic carboxylic acids is 1. The smallest absolute Gasteiger partial charge is 0.337 e. The van der Waals surface area contributed by atoms with Crippen LogP contribution in [0, 0.1) is 0 Å². The summed E-state index contributed by atoms with van der Waals surface area (Å²) in [5.74, 6) is -1.21. The van der Waals surface area contributed by atoms with Crippen LogP contribution >= 0.6 is 11.8 Å². The molecule has 1 aliphatic heterocycles. The molecule has 7 heteroatoms. The van der Waals surface area contributed by atoms with Crippen molar-refractivity contribution >= 4 is 35.2 Å². The first kappa shape index (κ1) is 15.3. The Morgan fingerprint density at radius 2 is 2.00 bits per heavy atom. The van der Waals surface area contributed by atoms with Crippen molar-refractivity contribution in [3.05, 3.63) is 40.9 Å². The Morgan fingerprint density at radius 1 is 1.33 bits per heavy atom. The lowest BCUT2D eigenvalue weighted by molar-refractivity contribution is -0.760. The van der Waals surface area contributed by atoms with Crippen molar-refractivity contribution in [1.82, 2.24) is 0 Å². The van der Waals surface area contributed by atoms with E-state index in [1.54, 1.807) is 26.2 Å². The summed E-state index contributed by atoms with van der Waals surface area (Å²) in [7, 11) is 3.43. The van der Waals surface area contributed by atoms with Gasteiger partial charge in [0.25, 0.3) is 5.91 Å². The summed E-state index contributed by atoms with van der Waals surface area (Å²) in [6, 6.07) is 6.16. The van der Waals surface area contributed by atoms with Crippen LogP contribution in [-0.4, -0.2) is 47.2 Å². The van der Waals surface area contributed by atoms with E-state index >= 15 is 0 Å². The molecule has 0 unspecified atom stereocenters. The maximum absolute atomic E-state index is 12.0. The number of amides is 2. The van der Waals surface area contributed by atoms with Crippen molar-refractivity contribution in [2.24, 2.45) is 0 Å². The van der Waals surface area contributed by atoms with Crippen LogP contribution in [0.4, 0.5) is 5.69 Å². The van der Waals surface area contributed by atoms with Gasteiger partial charge < -0.3 is 10.4 Å². The Bertz CT molecular complexity index is 652. The minimum Gasteiger partial charge on any atom is -0.478 e. The molecule has 0 aromatic heterocycles. The van der Waals surface area contributed by atoms with E-state index in [4.69, 9.17) is 5.11 Å². The van der Waals surface area contributed by atoms with E-state index in [2.05, 4.69) is 5.32 Å². The Hall–Kier alpha value is -2.12. The van der Waals surface area contributed by atoms with Gasteiger partial charge in [-0.2, -0.15) is 0 Å². The van der Waals surface area contributed by atoms with Gasteiger partial charge in [-0.15, -0.1) is 0 Å². The third kappa shape index (κ3) is 3.14. The highest BCUT2D eigenvalue weighted by Crippen LogP contribution is 2.33. The van der Waals surface area contributed by atoms with Crippen molar-refractivity contribution in [2.45, 2.75) is 0 Å². The molecule has 6 nitrogen and oxygen atoms in total. The number of carboxylic acid groups (broad SMARTS) is 1. The average Bonchev–Trinajstić information content (AvgIpc) is 2.66. The summed E-state index contributed by atoms with van der Waals surface area (Å²) in [5, 5.41) is 12.2. The standard InChI is InChI=1S/C14H14N2O4S/c1-16(2)12(18)8-21-13(16)7-11(17)15-10-6-4-3-5-9(10)14(19)20/h3-7H,8H2,1-2H3,(H-,15,17,19,20)/p+1/b13-7-. The molecule has 1 heterocycles. The van der Waals surface area contributed by atoms with Gasteiger partial charge in [0.05, 0.1) is 31.4 Å². The Kier molecular flexibility index (Phi) is 4.15. The minimum atomic E-state index is -1.11. The van der Waals surface area contributed by atoms with Crippen LogP contribution < -0.4 is 5.32 Å². The predicted octanol–water partition coefficient (Wildman–Crippen LogP) is 1.51. The molecule has 1 aromatic rings. The molecule has 0 radical (unpaired) electrons. The second kappa shape index (κ2) is 5.71. The zero-order chi connectivity index (χ0) is 15.6. The third-order valence-corrected chi connectivity index (χ3v) is 4.45. The summed E-state index contributed by atoms with van der Waals surface area (Å²) >= 11 is 1.31.